The van der Waals surface area contributed by atoms with Gasteiger partial charge in [0.05, 0.1) is 17.7 Å². The van der Waals surface area contributed by atoms with E-state index in [0.717, 1.165) is 9.87 Å². The molecule has 3 rings (SSSR count). The molecule has 220 valence electrons. The van der Waals surface area contributed by atoms with Crippen LogP contribution in [0, 0.1) is 6.92 Å². The van der Waals surface area contributed by atoms with Crippen molar-refractivity contribution in [2.45, 2.75) is 64.1 Å². The summed E-state index contributed by atoms with van der Waals surface area (Å²) in [5.74, 6) is -0.264. The fraction of sp³-hybridized carbons (Fsp3) is 0.355. The molecule has 0 saturated heterocycles. The Morgan fingerprint density at radius 1 is 1.00 bits per heavy atom. The Morgan fingerprint density at radius 3 is 2.27 bits per heavy atom. The third-order valence-electron chi connectivity index (χ3n) is 6.49. The minimum Gasteiger partial charge on any atom is -0.497 e. The molecule has 0 aliphatic carbocycles. The fourth-order valence-electron chi connectivity index (χ4n) is 4.44. The topological polar surface area (TPSA) is 96.0 Å². The SMILES string of the molecule is CC[C@H](C(=O)NC(C)(C)C)N(Cc1cccc(OC)c1)C(=O)CN(c1cccc(Cl)c1C)S(=O)(=O)c1ccccc1. The Hall–Kier alpha value is -3.56. The molecule has 1 N–H and O–H groups in total. The van der Waals surface area contributed by atoms with E-state index in [0.29, 0.717) is 22.8 Å². The number of carbonyl (C=O) groups is 2. The monoisotopic (exact) mass is 599 g/mol. The van der Waals surface area contributed by atoms with Gasteiger partial charge in [0, 0.05) is 17.1 Å². The maximum Gasteiger partial charge on any atom is 0.264 e. The number of nitrogens with zero attached hydrogens (tertiary/aromatic N) is 2. The Morgan fingerprint density at radius 2 is 1.66 bits per heavy atom. The first-order valence-electron chi connectivity index (χ1n) is 13.4. The van der Waals surface area contributed by atoms with E-state index in [9.17, 15) is 18.0 Å². The van der Waals surface area contributed by atoms with Gasteiger partial charge in [-0.2, -0.15) is 0 Å². The number of nitrogens with one attached hydrogen (secondary N) is 1. The van der Waals surface area contributed by atoms with E-state index in [1.54, 1.807) is 68.6 Å². The van der Waals surface area contributed by atoms with Gasteiger partial charge in [-0.3, -0.25) is 13.9 Å². The molecule has 2 amide bonds. The number of anilines is 1. The molecule has 41 heavy (non-hydrogen) atoms. The van der Waals surface area contributed by atoms with Crippen LogP contribution in [0.15, 0.2) is 77.7 Å². The van der Waals surface area contributed by atoms with Crippen molar-refractivity contribution in [2.24, 2.45) is 0 Å². The van der Waals surface area contributed by atoms with Crippen molar-refractivity contribution in [2.75, 3.05) is 18.0 Å². The number of ether oxygens (including phenoxy) is 1. The second kappa shape index (κ2) is 13.4. The number of hydrogen-bond acceptors (Lipinski definition) is 5. The third-order valence-corrected chi connectivity index (χ3v) is 8.67. The quantitative estimate of drug-likeness (QED) is 0.311. The van der Waals surface area contributed by atoms with Crippen molar-refractivity contribution in [3.05, 3.63) is 88.9 Å². The van der Waals surface area contributed by atoms with E-state index in [1.807, 2.05) is 33.8 Å². The van der Waals surface area contributed by atoms with Crippen LogP contribution >= 0.6 is 11.6 Å². The summed E-state index contributed by atoms with van der Waals surface area (Å²) >= 11 is 6.38. The molecular formula is C31H38ClN3O5S. The highest BCUT2D eigenvalue weighted by molar-refractivity contribution is 7.92. The third kappa shape index (κ3) is 8.01. The van der Waals surface area contributed by atoms with E-state index < -0.39 is 34.1 Å². The second-order valence-electron chi connectivity index (χ2n) is 10.7. The number of rotatable bonds is 11. The van der Waals surface area contributed by atoms with Crippen LogP contribution in [-0.2, 0) is 26.2 Å². The van der Waals surface area contributed by atoms with Crippen LogP contribution in [0.1, 0.15) is 45.2 Å². The summed E-state index contributed by atoms with van der Waals surface area (Å²) in [4.78, 5) is 29.1. The Labute approximate surface area is 248 Å². The zero-order valence-corrected chi connectivity index (χ0v) is 25.9. The molecule has 3 aromatic rings. The zero-order valence-electron chi connectivity index (χ0n) is 24.3. The van der Waals surface area contributed by atoms with Crippen LogP contribution in [0.4, 0.5) is 5.69 Å². The van der Waals surface area contributed by atoms with Crippen LogP contribution < -0.4 is 14.4 Å². The van der Waals surface area contributed by atoms with Gasteiger partial charge in [0.25, 0.3) is 10.0 Å². The lowest BCUT2D eigenvalue weighted by atomic mass is 10.1. The lowest BCUT2D eigenvalue weighted by molar-refractivity contribution is -0.141. The van der Waals surface area contributed by atoms with Gasteiger partial charge in [0.15, 0.2) is 0 Å². The smallest absolute Gasteiger partial charge is 0.264 e. The molecule has 0 radical (unpaired) electrons. The largest absolute Gasteiger partial charge is 0.497 e. The number of hydrogen-bond donors (Lipinski definition) is 1. The standard InChI is InChI=1S/C31H38ClN3O5S/c1-7-27(30(37)33-31(3,4)5)34(20-23-13-11-14-24(19-23)40-6)29(36)21-35(28-18-12-17-26(32)22(28)2)41(38,39)25-15-9-8-10-16-25/h8-19,27H,7,20-21H2,1-6H3,(H,33,37)/t27-/m1/s1. The van der Waals surface area contributed by atoms with E-state index in [2.05, 4.69) is 5.32 Å². The lowest BCUT2D eigenvalue weighted by Gasteiger charge is -2.35. The average molecular weight is 600 g/mol. The van der Waals surface area contributed by atoms with Gasteiger partial charge in [0.2, 0.25) is 11.8 Å². The second-order valence-corrected chi connectivity index (χ2v) is 13.0. The summed E-state index contributed by atoms with van der Waals surface area (Å²) in [5, 5.41) is 3.33. The summed E-state index contributed by atoms with van der Waals surface area (Å²) in [6.07, 6.45) is 0.319. The molecule has 3 aromatic carbocycles. The molecule has 0 bridgehead atoms. The molecule has 0 aliphatic heterocycles. The zero-order chi connectivity index (χ0) is 30.4. The van der Waals surface area contributed by atoms with E-state index >= 15 is 0 Å². The van der Waals surface area contributed by atoms with E-state index in [1.165, 1.54) is 17.0 Å². The predicted octanol–water partition coefficient (Wildman–Crippen LogP) is 5.57. The maximum absolute atomic E-state index is 14.2. The Balaban J connectivity index is 2.11. The van der Waals surface area contributed by atoms with E-state index in [-0.39, 0.29) is 23.0 Å². The summed E-state index contributed by atoms with van der Waals surface area (Å²) in [6.45, 7) is 8.64. The summed E-state index contributed by atoms with van der Waals surface area (Å²) in [7, 11) is -2.63. The van der Waals surface area contributed by atoms with Crippen LogP contribution in [0.5, 0.6) is 5.75 Å². The maximum atomic E-state index is 14.2. The number of amides is 2. The van der Waals surface area contributed by atoms with Crippen LogP contribution in [-0.4, -0.2) is 50.4 Å². The van der Waals surface area contributed by atoms with Gasteiger partial charge in [-0.1, -0.05) is 54.9 Å². The lowest BCUT2D eigenvalue weighted by Crippen LogP contribution is -2.55. The molecular weight excluding hydrogens is 562 g/mol. The molecule has 0 saturated carbocycles. The van der Waals surface area contributed by atoms with Crippen molar-refractivity contribution in [3.63, 3.8) is 0 Å². The van der Waals surface area contributed by atoms with Crippen molar-refractivity contribution >= 4 is 39.1 Å². The Bertz CT molecular complexity index is 1470. The number of benzene rings is 3. The van der Waals surface area contributed by atoms with Crippen LogP contribution in [0.25, 0.3) is 0 Å². The molecule has 0 unspecified atom stereocenters. The van der Waals surface area contributed by atoms with Gasteiger partial charge in [0.1, 0.15) is 18.3 Å². The van der Waals surface area contributed by atoms with E-state index in [4.69, 9.17) is 16.3 Å². The normalized spacial score (nSPS) is 12.4. The number of methoxy groups -OCH3 is 1. The first kappa shape index (κ1) is 32.0. The van der Waals surface area contributed by atoms with Gasteiger partial charge < -0.3 is 15.0 Å². The van der Waals surface area contributed by atoms with Crippen LogP contribution in [0.3, 0.4) is 0 Å². The predicted molar refractivity (Wildman–Crippen MR) is 163 cm³/mol. The number of sulfonamides is 1. The molecule has 0 spiro atoms. The summed E-state index contributed by atoms with van der Waals surface area (Å²) in [5.41, 5.74) is 0.994. The highest BCUT2D eigenvalue weighted by Crippen LogP contribution is 2.31. The number of halogens is 1. The molecule has 0 fully saturated rings. The first-order valence-corrected chi connectivity index (χ1v) is 15.2. The molecule has 0 aromatic heterocycles. The van der Waals surface area contributed by atoms with Crippen molar-refractivity contribution in [1.82, 2.24) is 10.2 Å². The average Bonchev–Trinajstić information content (AvgIpc) is 2.92. The highest BCUT2D eigenvalue weighted by atomic mass is 35.5. The number of carbonyl (C=O) groups excluding carboxylic acids is 2. The Kier molecular flexibility index (Phi) is 10.4. The minimum absolute atomic E-state index is 0.0315. The van der Waals surface area contributed by atoms with Crippen molar-refractivity contribution in [3.8, 4) is 5.75 Å². The highest BCUT2D eigenvalue weighted by Gasteiger charge is 2.35. The first-order chi connectivity index (χ1) is 19.3. The van der Waals surface area contributed by atoms with Crippen molar-refractivity contribution in [1.29, 1.82) is 0 Å². The molecule has 0 heterocycles. The molecule has 1 atom stereocenters. The summed E-state index contributed by atoms with van der Waals surface area (Å²) in [6, 6.07) is 19.2. The molecule has 0 aliphatic rings. The van der Waals surface area contributed by atoms with Gasteiger partial charge in [-0.25, -0.2) is 8.42 Å². The van der Waals surface area contributed by atoms with Crippen molar-refractivity contribution < 1.29 is 22.7 Å². The molecule has 8 nitrogen and oxygen atoms in total. The summed E-state index contributed by atoms with van der Waals surface area (Å²) < 4.78 is 34.4. The van der Waals surface area contributed by atoms with Gasteiger partial charge in [-0.15, -0.1) is 0 Å². The molecule has 10 heteroatoms. The van der Waals surface area contributed by atoms with Crippen LogP contribution in [0.2, 0.25) is 5.02 Å². The minimum atomic E-state index is -4.18. The fourth-order valence-corrected chi connectivity index (χ4v) is 6.10. The van der Waals surface area contributed by atoms with Gasteiger partial charge in [-0.05, 0) is 81.6 Å². The van der Waals surface area contributed by atoms with Gasteiger partial charge >= 0.3 is 0 Å².